The highest BCUT2D eigenvalue weighted by Gasteiger charge is 2.25. The van der Waals surface area contributed by atoms with E-state index in [0.29, 0.717) is 24.0 Å². The molecule has 29 heavy (non-hydrogen) atoms. The molecule has 148 valence electrons. The largest absolute Gasteiger partial charge is 0.439 e. The lowest BCUT2D eigenvalue weighted by Crippen LogP contribution is -2.37. The maximum Gasteiger partial charge on any atom is 0.223 e. The van der Waals surface area contributed by atoms with Crippen LogP contribution in [0.25, 0.3) is 11.4 Å². The van der Waals surface area contributed by atoms with E-state index in [-0.39, 0.29) is 17.6 Å². The first kappa shape index (κ1) is 19.0. The highest BCUT2D eigenvalue weighted by Crippen LogP contribution is 2.31. The Morgan fingerprint density at radius 3 is 2.76 bits per heavy atom. The van der Waals surface area contributed by atoms with E-state index in [1.54, 1.807) is 37.5 Å². The minimum atomic E-state index is -0.379. The number of ether oxygens (including phenoxy) is 1. The normalized spacial score (nSPS) is 16.5. The third kappa shape index (κ3) is 4.56. The predicted molar refractivity (Wildman–Crippen MR) is 106 cm³/mol. The first-order valence-corrected chi connectivity index (χ1v) is 9.57. The van der Waals surface area contributed by atoms with Crippen LogP contribution in [0.4, 0.5) is 4.39 Å². The molecule has 0 aliphatic carbocycles. The summed E-state index contributed by atoms with van der Waals surface area (Å²) in [5.41, 5.74) is 1.62. The Morgan fingerprint density at radius 2 is 2.00 bits per heavy atom. The third-order valence-electron chi connectivity index (χ3n) is 4.96. The molecule has 1 aliphatic heterocycles. The van der Waals surface area contributed by atoms with Gasteiger partial charge in [0.15, 0.2) is 5.82 Å². The van der Waals surface area contributed by atoms with Crippen molar-refractivity contribution in [1.29, 1.82) is 0 Å². The Hall–Kier alpha value is -3.35. The molecule has 1 amide bonds. The molecular formula is C22H21FN4O2. The first-order chi connectivity index (χ1) is 14.1. The lowest BCUT2D eigenvalue weighted by Gasteiger charge is -2.31. The number of likely N-dealkylation sites (tertiary alicyclic amines) is 1. The average molecular weight is 392 g/mol. The van der Waals surface area contributed by atoms with Gasteiger partial charge in [0.05, 0.1) is 5.69 Å². The van der Waals surface area contributed by atoms with E-state index < -0.39 is 0 Å². The van der Waals surface area contributed by atoms with Gasteiger partial charge in [-0.2, -0.15) is 4.98 Å². The summed E-state index contributed by atoms with van der Waals surface area (Å²) in [6, 6.07) is 11.4. The third-order valence-corrected chi connectivity index (χ3v) is 4.96. The lowest BCUT2D eigenvalue weighted by atomic mass is 9.94. The zero-order valence-electron chi connectivity index (χ0n) is 16.1. The van der Waals surface area contributed by atoms with Gasteiger partial charge in [-0.3, -0.25) is 9.78 Å². The summed E-state index contributed by atoms with van der Waals surface area (Å²) in [7, 11) is 0. The maximum absolute atomic E-state index is 13.5. The highest BCUT2D eigenvalue weighted by atomic mass is 19.1. The van der Waals surface area contributed by atoms with Crippen LogP contribution in [-0.2, 0) is 4.79 Å². The van der Waals surface area contributed by atoms with E-state index in [1.807, 2.05) is 17.0 Å². The summed E-state index contributed by atoms with van der Waals surface area (Å²) >= 11 is 0. The predicted octanol–water partition coefficient (Wildman–Crippen LogP) is 4.20. The van der Waals surface area contributed by atoms with Gasteiger partial charge in [0.2, 0.25) is 11.8 Å². The van der Waals surface area contributed by atoms with Crippen LogP contribution >= 0.6 is 0 Å². The van der Waals surface area contributed by atoms with E-state index in [0.717, 1.165) is 30.6 Å². The fourth-order valence-corrected chi connectivity index (χ4v) is 3.49. The van der Waals surface area contributed by atoms with Crippen LogP contribution in [0.1, 0.15) is 31.4 Å². The molecule has 0 N–H and O–H groups in total. The minimum absolute atomic E-state index is 0.0642. The second kappa shape index (κ2) is 8.34. The molecule has 2 aromatic heterocycles. The number of pyridine rings is 1. The maximum atomic E-state index is 13.5. The minimum Gasteiger partial charge on any atom is -0.439 e. The number of piperidine rings is 1. The summed E-state index contributed by atoms with van der Waals surface area (Å²) in [6.45, 7) is 2.96. The van der Waals surface area contributed by atoms with Gasteiger partial charge in [0.25, 0.3) is 0 Å². The number of hydrogen-bond acceptors (Lipinski definition) is 5. The number of carbonyl (C=O) groups excluding carboxylic acids is 1. The van der Waals surface area contributed by atoms with Crippen molar-refractivity contribution in [2.75, 3.05) is 13.1 Å². The van der Waals surface area contributed by atoms with Gasteiger partial charge in [0.1, 0.15) is 11.6 Å². The van der Waals surface area contributed by atoms with Crippen LogP contribution in [0.15, 0.2) is 54.9 Å². The number of aromatic nitrogens is 3. The molecule has 0 unspecified atom stereocenters. The monoisotopic (exact) mass is 392 g/mol. The number of carbonyl (C=O) groups is 1. The second-order valence-corrected chi connectivity index (χ2v) is 7.05. The molecule has 1 saturated heterocycles. The van der Waals surface area contributed by atoms with Crippen molar-refractivity contribution in [3.05, 3.63) is 66.4 Å². The molecule has 1 aliphatic rings. The van der Waals surface area contributed by atoms with Gasteiger partial charge < -0.3 is 9.64 Å². The number of halogens is 1. The van der Waals surface area contributed by atoms with E-state index in [2.05, 4.69) is 9.97 Å². The summed E-state index contributed by atoms with van der Waals surface area (Å²) < 4.78 is 19.4. The Bertz CT molecular complexity index is 1010. The van der Waals surface area contributed by atoms with Crippen LogP contribution in [0.2, 0.25) is 0 Å². The highest BCUT2D eigenvalue weighted by molar-refractivity contribution is 5.73. The number of benzene rings is 1. The molecular weight excluding hydrogens is 371 g/mol. The van der Waals surface area contributed by atoms with Crippen molar-refractivity contribution < 1.29 is 13.9 Å². The molecule has 0 saturated carbocycles. The molecule has 0 spiro atoms. The molecule has 1 fully saturated rings. The molecule has 3 aromatic rings. The van der Waals surface area contributed by atoms with Gasteiger partial charge in [-0.1, -0.05) is 6.07 Å². The summed E-state index contributed by atoms with van der Waals surface area (Å²) in [5, 5.41) is 0. The van der Waals surface area contributed by atoms with Crippen molar-refractivity contribution in [2.24, 2.45) is 0 Å². The fourth-order valence-electron chi connectivity index (χ4n) is 3.49. The van der Waals surface area contributed by atoms with Crippen molar-refractivity contribution in [3.63, 3.8) is 0 Å². The molecule has 3 heterocycles. The first-order valence-electron chi connectivity index (χ1n) is 9.57. The Morgan fingerprint density at radius 1 is 1.17 bits per heavy atom. The van der Waals surface area contributed by atoms with Gasteiger partial charge >= 0.3 is 0 Å². The van der Waals surface area contributed by atoms with Crippen LogP contribution in [0, 0.1) is 5.82 Å². The van der Waals surface area contributed by atoms with E-state index >= 15 is 0 Å². The quantitative estimate of drug-likeness (QED) is 0.666. The SMILES string of the molecule is CC(=O)N1CCC[C@@H](c2cc(Oc3cccc(F)c3)nc(-c3ccncc3)n2)C1. The standard InChI is InChI=1S/C22H21FN4O2/c1-15(28)27-11-3-4-17(14-27)20-13-21(29-19-6-2-5-18(23)12-19)26-22(25-20)16-7-9-24-10-8-16/h2,5-10,12-13,17H,3-4,11,14H2,1H3/t17-/m1/s1. The Kier molecular flexibility index (Phi) is 5.46. The van der Waals surface area contributed by atoms with Crippen LogP contribution < -0.4 is 4.74 Å². The number of amides is 1. The molecule has 7 heteroatoms. The molecule has 6 nitrogen and oxygen atoms in total. The summed E-state index contributed by atoms with van der Waals surface area (Å²) in [5.74, 6) is 0.990. The molecule has 1 aromatic carbocycles. The summed E-state index contributed by atoms with van der Waals surface area (Å²) in [6.07, 6.45) is 5.20. The number of hydrogen-bond donors (Lipinski definition) is 0. The zero-order chi connectivity index (χ0) is 20.2. The number of rotatable bonds is 4. The van der Waals surface area contributed by atoms with E-state index in [4.69, 9.17) is 9.72 Å². The second-order valence-electron chi connectivity index (χ2n) is 7.05. The van der Waals surface area contributed by atoms with Crippen LogP contribution in [0.5, 0.6) is 11.6 Å². The number of nitrogens with zero attached hydrogens (tertiary/aromatic N) is 4. The van der Waals surface area contributed by atoms with Crippen molar-refractivity contribution in [1.82, 2.24) is 19.9 Å². The van der Waals surface area contributed by atoms with Crippen LogP contribution in [0.3, 0.4) is 0 Å². The molecule has 0 radical (unpaired) electrons. The van der Waals surface area contributed by atoms with Gasteiger partial charge in [-0.05, 0) is 37.1 Å². The smallest absolute Gasteiger partial charge is 0.223 e. The van der Waals surface area contributed by atoms with E-state index in [1.165, 1.54) is 12.1 Å². The van der Waals surface area contributed by atoms with E-state index in [9.17, 15) is 9.18 Å². The fraction of sp³-hybridized carbons (Fsp3) is 0.273. The topological polar surface area (TPSA) is 68.2 Å². The molecule has 4 rings (SSSR count). The lowest BCUT2D eigenvalue weighted by molar-refractivity contribution is -0.130. The van der Waals surface area contributed by atoms with Gasteiger partial charge in [0, 0.05) is 56.0 Å². The average Bonchev–Trinajstić information content (AvgIpc) is 2.74. The Labute approximate surface area is 168 Å². The molecule has 0 bridgehead atoms. The zero-order valence-corrected chi connectivity index (χ0v) is 16.1. The van der Waals surface area contributed by atoms with Crippen molar-refractivity contribution in [2.45, 2.75) is 25.7 Å². The molecule has 1 atom stereocenters. The Balaban J connectivity index is 1.71. The van der Waals surface area contributed by atoms with Crippen molar-refractivity contribution in [3.8, 4) is 23.0 Å². The van der Waals surface area contributed by atoms with Gasteiger partial charge in [-0.15, -0.1) is 0 Å². The summed E-state index contributed by atoms with van der Waals surface area (Å²) in [4.78, 5) is 27.0. The van der Waals surface area contributed by atoms with Crippen LogP contribution in [-0.4, -0.2) is 38.8 Å². The van der Waals surface area contributed by atoms with Crippen molar-refractivity contribution >= 4 is 5.91 Å². The van der Waals surface area contributed by atoms with Gasteiger partial charge in [-0.25, -0.2) is 9.37 Å².